The summed E-state index contributed by atoms with van der Waals surface area (Å²) in [4.78, 5) is 0. The van der Waals surface area contributed by atoms with Crippen LogP contribution in [0, 0.1) is 0 Å². The molecule has 1 aromatic carbocycles. The summed E-state index contributed by atoms with van der Waals surface area (Å²) in [5.74, 6) is 0. The van der Waals surface area contributed by atoms with Crippen LogP contribution in [0.5, 0.6) is 0 Å². The molecule has 62 valence electrons. The Morgan fingerprint density at radius 3 is 2.55 bits per heavy atom. The van der Waals surface area contributed by atoms with Crippen LogP contribution in [-0.4, -0.2) is 0 Å². The Morgan fingerprint density at radius 1 is 1.45 bits per heavy atom. The van der Waals surface area contributed by atoms with E-state index in [9.17, 15) is 0 Å². The lowest BCUT2D eigenvalue weighted by Gasteiger charge is -1.99. The average molecular weight is 257 g/mol. The first-order chi connectivity index (χ1) is 4.74. The zero-order valence-corrected chi connectivity index (χ0v) is 8.84. The normalized spacial score (nSPS) is 9.00. The van der Waals surface area contributed by atoms with Gasteiger partial charge in [-0.3, -0.25) is 0 Å². The molecule has 0 saturated heterocycles. The third-order valence-electron chi connectivity index (χ3n) is 1.24. The van der Waals surface area contributed by atoms with Gasteiger partial charge in [0.15, 0.2) is 0 Å². The molecule has 0 unspecified atom stereocenters. The first-order valence-electron chi connectivity index (χ1n) is 2.88. The van der Waals surface area contributed by atoms with Gasteiger partial charge in [-0.1, -0.05) is 33.6 Å². The fraction of sp³-hybridized carbons (Fsp3) is 0.143. The van der Waals surface area contributed by atoms with Gasteiger partial charge in [-0.25, -0.2) is 0 Å². The van der Waals surface area contributed by atoms with Crippen LogP contribution in [0.4, 0.5) is 0 Å². The van der Waals surface area contributed by atoms with Gasteiger partial charge in [-0.05, 0) is 17.7 Å². The maximum atomic E-state index is 5.82. The van der Waals surface area contributed by atoms with Crippen LogP contribution in [0.15, 0.2) is 22.7 Å². The summed E-state index contributed by atoms with van der Waals surface area (Å²) in [5, 5.41) is 0.719. The lowest BCUT2D eigenvalue weighted by Crippen LogP contribution is -1.96. The molecule has 0 radical (unpaired) electrons. The zero-order chi connectivity index (χ0) is 7.56. The SMILES string of the molecule is Cl.NCc1ccc(Br)cc1Cl. The number of halogens is 3. The minimum absolute atomic E-state index is 0. The number of nitrogens with two attached hydrogens (primary N) is 1. The molecule has 0 aliphatic heterocycles. The summed E-state index contributed by atoms with van der Waals surface area (Å²) in [6.07, 6.45) is 0. The monoisotopic (exact) mass is 255 g/mol. The minimum Gasteiger partial charge on any atom is -0.326 e. The van der Waals surface area contributed by atoms with Crippen molar-refractivity contribution in [2.24, 2.45) is 5.73 Å². The molecule has 4 heteroatoms. The van der Waals surface area contributed by atoms with Gasteiger partial charge in [0.1, 0.15) is 0 Å². The number of rotatable bonds is 1. The van der Waals surface area contributed by atoms with Gasteiger partial charge < -0.3 is 5.73 Å². The molecule has 0 aliphatic rings. The molecule has 2 N–H and O–H groups in total. The summed E-state index contributed by atoms with van der Waals surface area (Å²) in [7, 11) is 0. The van der Waals surface area contributed by atoms with E-state index in [1.54, 1.807) is 0 Å². The molecule has 0 bridgehead atoms. The lowest BCUT2D eigenvalue weighted by atomic mass is 10.2. The highest BCUT2D eigenvalue weighted by Crippen LogP contribution is 2.20. The van der Waals surface area contributed by atoms with E-state index in [0.717, 1.165) is 15.1 Å². The van der Waals surface area contributed by atoms with E-state index in [2.05, 4.69) is 15.9 Å². The molecule has 0 fully saturated rings. The Kier molecular flexibility index (Phi) is 5.10. The summed E-state index contributed by atoms with van der Waals surface area (Å²) in [6.45, 7) is 0.492. The van der Waals surface area contributed by atoms with Crippen LogP contribution < -0.4 is 5.73 Å². The molecule has 0 spiro atoms. The van der Waals surface area contributed by atoms with Gasteiger partial charge in [-0.15, -0.1) is 12.4 Å². The molecular formula is C7H8BrCl2N. The number of hydrogen-bond acceptors (Lipinski definition) is 1. The van der Waals surface area contributed by atoms with Crippen molar-refractivity contribution in [2.75, 3.05) is 0 Å². The van der Waals surface area contributed by atoms with Gasteiger partial charge in [0, 0.05) is 16.0 Å². The number of hydrogen-bond donors (Lipinski definition) is 1. The van der Waals surface area contributed by atoms with E-state index in [4.69, 9.17) is 17.3 Å². The van der Waals surface area contributed by atoms with Crippen molar-refractivity contribution < 1.29 is 0 Å². The molecular weight excluding hydrogens is 249 g/mol. The third kappa shape index (κ3) is 2.99. The van der Waals surface area contributed by atoms with Gasteiger partial charge in [0.25, 0.3) is 0 Å². The quantitative estimate of drug-likeness (QED) is 0.822. The van der Waals surface area contributed by atoms with E-state index in [1.807, 2.05) is 18.2 Å². The second-order valence-corrected chi connectivity index (χ2v) is 3.26. The average Bonchev–Trinajstić information content (AvgIpc) is 1.88. The Bertz CT molecular complexity index is 240. The molecule has 1 aromatic rings. The highest BCUT2D eigenvalue weighted by Gasteiger charge is 1.96. The molecule has 0 saturated carbocycles. The molecule has 11 heavy (non-hydrogen) atoms. The Labute approximate surface area is 85.5 Å². The minimum atomic E-state index is 0. The van der Waals surface area contributed by atoms with E-state index in [0.29, 0.717) is 6.54 Å². The van der Waals surface area contributed by atoms with Crippen LogP contribution in [0.3, 0.4) is 0 Å². The van der Waals surface area contributed by atoms with Crippen molar-refractivity contribution >= 4 is 39.9 Å². The molecule has 1 nitrogen and oxygen atoms in total. The van der Waals surface area contributed by atoms with Crippen LogP contribution in [0.25, 0.3) is 0 Å². The van der Waals surface area contributed by atoms with Gasteiger partial charge in [-0.2, -0.15) is 0 Å². The van der Waals surface area contributed by atoms with Crippen LogP contribution in [0.1, 0.15) is 5.56 Å². The van der Waals surface area contributed by atoms with Gasteiger partial charge in [0.05, 0.1) is 0 Å². The fourth-order valence-corrected chi connectivity index (χ4v) is 1.44. The molecule has 0 heterocycles. The Hall–Kier alpha value is 0.240. The Morgan fingerprint density at radius 2 is 2.09 bits per heavy atom. The molecule has 0 aromatic heterocycles. The standard InChI is InChI=1S/C7H7BrClN.ClH/c8-6-2-1-5(4-10)7(9)3-6;/h1-3H,4,10H2;1H. The summed E-state index contributed by atoms with van der Waals surface area (Å²) >= 11 is 9.12. The van der Waals surface area contributed by atoms with E-state index in [1.165, 1.54) is 0 Å². The third-order valence-corrected chi connectivity index (χ3v) is 2.08. The first-order valence-corrected chi connectivity index (χ1v) is 4.05. The predicted octanol–water partition coefficient (Wildman–Crippen LogP) is 2.98. The first kappa shape index (κ1) is 11.2. The lowest BCUT2D eigenvalue weighted by molar-refractivity contribution is 1.07. The van der Waals surface area contributed by atoms with Crippen molar-refractivity contribution in [1.82, 2.24) is 0 Å². The maximum Gasteiger partial charge on any atom is 0.0462 e. The van der Waals surface area contributed by atoms with E-state index < -0.39 is 0 Å². The molecule has 0 aliphatic carbocycles. The second-order valence-electron chi connectivity index (χ2n) is 1.94. The zero-order valence-electron chi connectivity index (χ0n) is 5.68. The van der Waals surface area contributed by atoms with Crippen molar-refractivity contribution in [3.63, 3.8) is 0 Å². The second kappa shape index (κ2) is 4.99. The van der Waals surface area contributed by atoms with Crippen LogP contribution in [0.2, 0.25) is 5.02 Å². The topological polar surface area (TPSA) is 26.0 Å². The smallest absolute Gasteiger partial charge is 0.0462 e. The van der Waals surface area contributed by atoms with Crippen molar-refractivity contribution in [3.05, 3.63) is 33.3 Å². The van der Waals surface area contributed by atoms with Crippen molar-refractivity contribution in [1.29, 1.82) is 0 Å². The molecule has 0 atom stereocenters. The predicted molar refractivity (Wildman–Crippen MR) is 54.3 cm³/mol. The highest BCUT2D eigenvalue weighted by molar-refractivity contribution is 9.10. The molecule has 0 amide bonds. The van der Waals surface area contributed by atoms with Crippen molar-refractivity contribution in [3.8, 4) is 0 Å². The largest absolute Gasteiger partial charge is 0.326 e. The molecule has 1 rings (SSSR count). The fourth-order valence-electron chi connectivity index (χ4n) is 0.687. The van der Waals surface area contributed by atoms with Gasteiger partial charge in [0.2, 0.25) is 0 Å². The summed E-state index contributed by atoms with van der Waals surface area (Å²) in [5.41, 5.74) is 6.38. The highest BCUT2D eigenvalue weighted by atomic mass is 79.9. The number of benzene rings is 1. The van der Waals surface area contributed by atoms with Crippen LogP contribution >= 0.6 is 39.9 Å². The van der Waals surface area contributed by atoms with E-state index >= 15 is 0 Å². The summed E-state index contributed by atoms with van der Waals surface area (Å²) in [6, 6.07) is 5.67. The van der Waals surface area contributed by atoms with Crippen molar-refractivity contribution in [2.45, 2.75) is 6.54 Å². The van der Waals surface area contributed by atoms with Crippen LogP contribution in [-0.2, 0) is 6.54 Å². The maximum absolute atomic E-state index is 5.82. The van der Waals surface area contributed by atoms with E-state index in [-0.39, 0.29) is 12.4 Å². The Balaban J connectivity index is 0.000001000. The summed E-state index contributed by atoms with van der Waals surface area (Å²) < 4.78 is 0.981. The van der Waals surface area contributed by atoms with Gasteiger partial charge >= 0.3 is 0 Å².